The first-order chi connectivity index (χ1) is 20.3. The van der Waals surface area contributed by atoms with Gasteiger partial charge in [-0.3, -0.25) is 0 Å². The molecule has 41 heavy (non-hydrogen) atoms. The lowest BCUT2D eigenvalue weighted by atomic mass is 9.98. The van der Waals surface area contributed by atoms with Gasteiger partial charge in [-0.05, 0) is 63.7 Å². The topological polar surface area (TPSA) is 17.0 Å². The van der Waals surface area contributed by atoms with Gasteiger partial charge in [-0.2, -0.15) is 0 Å². The summed E-state index contributed by atoms with van der Waals surface area (Å²) in [5.74, 6) is 0. The molecule has 2 nitrogen and oxygen atoms in total. The Kier molecular flexibility index (Phi) is 5.54. The molecule has 0 amide bonds. The van der Waals surface area contributed by atoms with E-state index in [2.05, 4.69) is 131 Å². The minimum absolute atomic E-state index is 0.693. The van der Waals surface area contributed by atoms with Crippen LogP contribution in [0.5, 0.6) is 0 Å². The Bertz CT molecular complexity index is 2250. The molecule has 1 N–H and O–H groups in total. The van der Waals surface area contributed by atoms with Crippen molar-refractivity contribution in [2.24, 2.45) is 0 Å². The highest BCUT2D eigenvalue weighted by Crippen LogP contribution is 2.44. The monoisotopic (exact) mass is 544 g/mol. The minimum Gasteiger partial charge on any atom is -0.354 e. The second-order valence-electron chi connectivity index (χ2n) is 10.4. The van der Waals surface area contributed by atoms with Crippen molar-refractivity contribution < 1.29 is 0 Å². The van der Waals surface area contributed by atoms with E-state index < -0.39 is 0 Å². The average Bonchev–Trinajstić information content (AvgIpc) is 3.37. The van der Waals surface area contributed by atoms with Crippen LogP contribution in [0.1, 0.15) is 0 Å². The molecule has 0 saturated heterocycles. The summed E-state index contributed by atoms with van der Waals surface area (Å²) in [7, 11) is 0. The van der Waals surface area contributed by atoms with E-state index in [1.54, 1.807) is 0 Å². The number of para-hydroxylation sites is 1. The van der Waals surface area contributed by atoms with E-state index in [9.17, 15) is 0 Å². The summed E-state index contributed by atoms with van der Waals surface area (Å²) in [5.41, 5.74) is 7.76. The van der Waals surface area contributed by atoms with E-state index in [-0.39, 0.29) is 0 Å². The number of benzene rings is 7. The van der Waals surface area contributed by atoms with Crippen molar-refractivity contribution >= 4 is 66.3 Å². The maximum Gasteiger partial charge on any atom is 0.0640 e. The predicted octanol–water partition coefficient (Wildman–Crippen LogP) is 11.2. The van der Waals surface area contributed by atoms with Gasteiger partial charge in [0, 0.05) is 27.5 Å². The number of halogens is 1. The van der Waals surface area contributed by atoms with Crippen LogP contribution in [0.2, 0.25) is 5.02 Å². The van der Waals surface area contributed by atoms with E-state index in [0.717, 1.165) is 28.0 Å². The fraction of sp³-hybridized carbons (Fsp3) is 0. The number of fused-ring (bicyclic) bond motifs is 7. The molecule has 0 aliphatic rings. The van der Waals surface area contributed by atoms with Crippen LogP contribution in [0.4, 0.5) is 11.4 Å². The number of hydrogen-bond donors (Lipinski definition) is 1. The molecule has 0 saturated carbocycles. The minimum atomic E-state index is 0.693. The maximum absolute atomic E-state index is 6.61. The van der Waals surface area contributed by atoms with Crippen LogP contribution in [-0.4, -0.2) is 4.57 Å². The molecule has 0 aliphatic heterocycles. The molecule has 0 atom stereocenters. The van der Waals surface area contributed by atoms with Crippen LogP contribution in [0.3, 0.4) is 0 Å². The predicted molar refractivity (Wildman–Crippen MR) is 176 cm³/mol. The molecule has 0 spiro atoms. The molecule has 8 aromatic rings. The van der Waals surface area contributed by atoms with Gasteiger partial charge in [0.15, 0.2) is 0 Å². The fourth-order valence-electron chi connectivity index (χ4n) is 6.18. The summed E-state index contributed by atoms with van der Waals surface area (Å²) in [5, 5.41) is 11.7. The van der Waals surface area contributed by atoms with Gasteiger partial charge in [-0.1, -0.05) is 121 Å². The molecule has 0 aliphatic carbocycles. The van der Waals surface area contributed by atoms with Gasteiger partial charge in [0.1, 0.15) is 0 Å². The molecule has 3 heteroatoms. The summed E-state index contributed by atoms with van der Waals surface area (Å²) in [6.45, 7) is 0. The quantitative estimate of drug-likeness (QED) is 0.233. The first kappa shape index (κ1) is 23.8. The van der Waals surface area contributed by atoms with Crippen LogP contribution < -0.4 is 5.32 Å². The molecule has 194 valence electrons. The van der Waals surface area contributed by atoms with E-state index in [4.69, 9.17) is 11.6 Å². The Morgan fingerprint density at radius 1 is 0.463 bits per heavy atom. The van der Waals surface area contributed by atoms with Gasteiger partial charge in [0.2, 0.25) is 0 Å². The van der Waals surface area contributed by atoms with Gasteiger partial charge >= 0.3 is 0 Å². The highest BCUT2D eigenvalue weighted by Gasteiger charge is 2.19. The average molecular weight is 545 g/mol. The Morgan fingerprint density at radius 2 is 1.15 bits per heavy atom. The Morgan fingerprint density at radius 3 is 2.00 bits per heavy atom. The summed E-state index contributed by atoms with van der Waals surface area (Å²) < 4.78 is 2.41. The largest absolute Gasteiger partial charge is 0.354 e. The first-order valence-electron chi connectivity index (χ1n) is 13.8. The molecule has 7 aromatic carbocycles. The van der Waals surface area contributed by atoms with E-state index >= 15 is 0 Å². The normalized spacial score (nSPS) is 11.5. The second-order valence-corrected chi connectivity index (χ2v) is 10.8. The zero-order valence-electron chi connectivity index (χ0n) is 22.2. The lowest BCUT2D eigenvalue weighted by molar-refractivity contribution is 1.18. The molecular formula is C38H25ClN2. The van der Waals surface area contributed by atoms with Gasteiger partial charge < -0.3 is 9.88 Å². The summed E-state index contributed by atoms with van der Waals surface area (Å²) in [6, 6.07) is 51.4. The van der Waals surface area contributed by atoms with Crippen molar-refractivity contribution in [2.75, 3.05) is 5.32 Å². The molecule has 0 fully saturated rings. The maximum atomic E-state index is 6.61. The van der Waals surface area contributed by atoms with Gasteiger partial charge in [-0.15, -0.1) is 0 Å². The zero-order chi connectivity index (χ0) is 27.3. The Labute approximate surface area is 243 Å². The van der Waals surface area contributed by atoms with Crippen molar-refractivity contribution in [3.63, 3.8) is 0 Å². The number of aromatic nitrogens is 1. The number of hydrogen-bond acceptors (Lipinski definition) is 1. The number of nitrogens with zero attached hydrogens (tertiary/aromatic N) is 1. The Hall–Kier alpha value is -5.05. The molecule has 0 radical (unpaired) electrons. The fourth-order valence-corrected chi connectivity index (χ4v) is 6.37. The highest BCUT2D eigenvalue weighted by molar-refractivity contribution is 6.34. The van der Waals surface area contributed by atoms with Crippen molar-refractivity contribution in [1.82, 2.24) is 4.57 Å². The van der Waals surface area contributed by atoms with E-state index in [1.807, 2.05) is 24.3 Å². The molecule has 1 heterocycles. The lowest BCUT2D eigenvalue weighted by Gasteiger charge is -2.15. The van der Waals surface area contributed by atoms with E-state index in [0.29, 0.717) is 5.02 Å². The SMILES string of the molecule is Clc1ccccc1Nc1cc2c(c3ccccc13)c1c3ccccc3ccc1n2-c1cccc(-c2ccccc2)c1. The molecule has 0 unspecified atom stereocenters. The molecule has 1 aromatic heterocycles. The van der Waals surface area contributed by atoms with Crippen LogP contribution in [0, 0.1) is 0 Å². The highest BCUT2D eigenvalue weighted by atomic mass is 35.5. The summed E-state index contributed by atoms with van der Waals surface area (Å²) in [4.78, 5) is 0. The molecule has 8 rings (SSSR count). The first-order valence-corrected chi connectivity index (χ1v) is 14.2. The van der Waals surface area contributed by atoms with Gasteiger partial charge in [-0.25, -0.2) is 0 Å². The van der Waals surface area contributed by atoms with Crippen molar-refractivity contribution in [3.05, 3.63) is 151 Å². The standard InChI is InChI=1S/C38H25ClN2/c39-32-19-8-9-20-33(32)40-34-24-36-38(31-18-7-6-17-30(31)34)37-29-16-5-4-13-26(29)21-22-35(37)41(36)28-15-10-14-27(23-28)25-11-2-1-3-12-25/h1-24,40H. The lowest BCUT2D eigenvalue weighted by Crippen LogP contribution is -1.97. The Balaban J connectivity index is 1.51. The third-order valence-corrected chi connectivity index (χ3v) is 8.35. The smallest absolute Gasteiger partial charge is 0.0640 e. The zero-order valence-corrected chi connectivity index (χ0v) is 22.9. The third kappa shape index (κ3) is 3.88. The van der Waals surface area contributed by atoms with Crippen molar-refractivity contribution in [3.8, 4) is 16.8 Å². The van der Waals surface area contributed by atoms with Crippen LogP contribution in [-0.2, 0) is 0 Å². The third-order valence-electron chi connectivity index (χ3n) is 8.02. The summed E-state index contributed by atoms with van der Waals surface area (Å²) in [6.07, 6.45) is 0. The van der Waals surface area contributed by atoms with Gasteiger partial charge in [0.05, 0.1) is 21.7 Å². The summed E-state index contributed by atoms with van der Waals surface area (Å²) >= 11 is 6.61. The van der Waals surface area contributed by atoms with Gasteiger partial charge in [0.25, 0.3) is 0 Å². The van der Waals surface area contributed by atoms with Crippen molar-refractivity contribution in [2.45, 2.75) is 0 Å². The number of rotatable bonds is 4. The second kappa shape index (κ2) is 9.55. The van der Waals surface area contributed by atoms with Crippen molar-refractivity contribution in [1.29, 1.82) is 0 Å². The number of anilines is 2. The molecular weight excluding hydrogens is 520 g/mol. The van der Waals surface area contributed by atoms with Crippen LogP contribution >= 0.6 is 11.6 Å². The van der Waals surface area contributed by atoms with E-state index in [1.165, 1.54) is 43.6 Å². The van der Waals surface area contributed by atoms with Crippen LogP contribution in [0.15, 0.2) is 146 Å². The van der Waals surface area contributed by atoms with Crippen LogP contribution in [0.25, 0.3) is 60.2 Å². The number of nitrogens with one attached hydrogen (secondary N) is 1. The molecule has 0 bridgehead atoms.